The minimum Gasteiger partial charge on any atom is -0.352 e. The Kier molecular flexibility index (Phi) is 4.32. The van der Waals surface area contributed by atoms with Gasteiger partial charge in [0.05, 0.1) is 11.9 Å². The highest BCUT2D eigenvalue weighted by Crippen LogP contribution is 2.21. The Balaban J connectivity index is 2.25. The van der Waals surface area contributed by atoms with Crippen LogP contribution in [0.15, 0.2) is 24.3 Å². The summed E-state index contributed by atoms with van der Waals surface area (Å²) in [4.78, 5) is 23.3. The molecular formula is C14H18N2O4S. The second kappa shape index (κ2) is 5.85. The molecule has 0 unspecified atom stereocenters. The molecule has 1 fully saturated rings. The number of carbonyl (C=O) groups is 2. The molecule has 0 spiro atoms. The number of hydrogen-bond acceptors (Lipinski definition) is 4. The van der Waals surface area contributed by atoms with Crippen molar-refractivity contribution >= 4 is 27.4 Å². The molecule has 1 aromatic rings. The van der Waals surface area contributed by atoms with Crippen molar-refractivity contribution in [3.8, 4) is 0 Å². The zero-order valence-electron chi connectivity index (χ0n) is 12.0. The van der Waals surface area contributed by atoms with Gasteiger partial charge in [0, 0.05) is 11.6 Å². The van der Waals surface area contributed by atoms with E-state index < -0.39 is 10.0 Å². The van der Waals surface area contributed by atoms with Crippen LogP contribution in [0.5, 0.6) is 0 Å². The third kappa shape index (κ3) is 4.29. The van der Waals surface area contributed by atoms with E-state index in [1.54, 1.807) is 18.2 Å². The predicted octanol–water partition coefficient (Wildman–Crippen LogP) is 0.934. The van der Waals surface area contributed by atoms with Gasteiger partial charge in [-0.2, -0.15) is 0 Å². The van der Waals surface area contributed by atoms with E-state index in [4.69, 9.17) is 0 Å². The molecule has 1 saturated carbocycles. The van der Waals surface area contributed by atoms with E-state index in [1.807, 2.05) is 0 Å². The van der Waals surface area contributed by atoms with Crippen molar-refractivity contribution in [2.75, 3.05) is 17.1 Å². The first-order valence-corrected chi connectivity index (χ1v) is 8.50. The van der Waals surface area contributed by atoms with Crippen molar-refractivity contribution in [2.45, 2.75) is 25.8 Å². The molecule has 1 aliphatic carbocycles. The normalized spacial score (nSPS) is 14.6. The third-order valence-electron chi connectivity index (χ3n) is 3.17. The van der Waals surface area contributed by atoms with Crippen molar-refractivity contribution < 1.29 is 18.0 Å². The van der Waals surface area contributed by atoms with Gasteiger partial charge in [0.2, 0.25) is 15.9 Å². The summed E-state index contributed by atoms with van der Waals surface area (Å²) in [6, 6.07) is 6.42. The molecule has 0 heterocycles. The molecule has 1 aromatic carbocycles. The van der Waals surface area contributed by atoms with Crippen LogP contribution in [0, 0.1) is 0 Å². The van der Waals surface area contributed by atoms with Crippen LogP contribution in [0.4, 0.5) is 5.69 Å². The highest BCUT2D eigenvalue weighted by molar-refractivity contribution is 7.92. The minimum atomic E-state index is -3.61. The van der Waals surface area contributed by atoms with Crippen LogP contribution in [0.1, 0.15) is 30.1 Å². The monoisotopic (exact) mass is 310 g/mol. The second-order valence-corrected chi connectivity index (χ2v) is 7.12. The number of sulfonamides is 1. The van der Waals surface area contributed by atoms with Gasteiger partial charge >= 0.3 is 0 Å². The fourth-order valence-corrected chi connectivity index (χ4v) is 2.76. The predicted molar refractivity (Wildman–Crippen MR) is 79.8 cm³/mol. The molecular weight excluding hydrogens is 292 g/mol. The first kappa shape index (κ1) is 15.5. The lowest BCUT2D eigenvalue weighted by molar-refractivity contribution is -0.119. The van der Waals surface area contributed by atoms with Gasteiger partial charge in [-0.05, 0) is 31.9 Å². The molecule has 7 heteroatoms. The van der Waals surface area contributed by atoms with Crippen molar-refractivity contribution in [1.29, 1.82) is 0 Å². The quantitative estimate of drug-likeness (QED) is 0.792. The molecule has 114 valence electrons. The first-order chi connectivity index (χ1) is 9.77. The Bertz CT molecular complexity index is 665. The fraction of sp³-hybridized carbons (Fsp3) is 0.429. The minimum absolute atomic E-state index is 0.160. The molecule has 21 heavy (non-hydrogen) atoms. The van der Waals surface area contributed by atoms with Gasteiger partial charge in [-0.25, -0.2) is 8.42 Å². The van der Waals surface area contributed by atoms with Crippen LogP contribution in [0.25, 0.3) is 0 Å². The SMILES string of the molecule is CC(=O)c1cccc(N(CC(=O)NC2CC2)S(C)(=O)=O)c1. The first-order valence-electron chi connectivity index (χ1n) is 6.65. The van der Waals surface area contributed by atoms with Crippen LogP contribution >= 0.6 is 0 Å². The topological polar surface area (TPSA) is 83.6 Å². The molecule has 6 nitrogen and oxygen atoms in total. The molecule has 0 aliphatic heterocycles. The van der Waals surface area contributed by atoms with Crippen molar-refractivity contribution in [1.82, 2.24) is 5.32 Å². The number of nitrogens with one attached hydrogen (secondary N) is 1. The third-order valence-corrected chi connectivity index (χ3v) is 4.31. The van der Waals surface area contributed by atoms with E-state index in [0.717, 1.165) is 23.4 Å². The maximum absolute atomic E-state index is 11.9. The summed E-state index contributed by atoms with van der Waals surface area (Å²) in [7, 11) is -3.61. The molecule has 0 bridgehead atoms. The van der Waals surface area contributed by atoms with Gasteiger partial charge in [0.1, 0.15) is 6.54 Å². The van der Waals surface area contributed by atoms with Gasteiger partial charge in [0.25, 0.3) is 0 Å². The largest absolute Gasteiger partial charge is 0.352 e. The van der Waals surface area contributed by atoms with Gasteiger partial charge < -0.3 is 5.32 Å². The maximum Gasteiger partial charge on any atom is 0.240 e. The van der Waals surface area contributed by atoms with Gasteiger partial charge in [-0.15, -0.1) is 0 Å². The highest BCUT2D eigenvalue weighted by Gasteiger charge is 2.26. The standard InChI is InChI=1S/C14H18N2O4S/c1-10(17)11-4-3-5-13(8-11)16(21(2,19)20)9-14(18)15-12-6-7-12/h3-5,8,12H,6-7,9H2,1-2H3,(H,15,18). The number of benzene rings is 1. The molecule has 0 atom stereocenters. The van der Waals surface area contributed by atoms with Crippen LogP contribution < -0.4 is 9.62 Å². The number of hydrogen-bond donors (Lipinski definition) is 1. The lowest BCUT2D eigenvalue weighted by Gasteiger charge is -2.22. The summed E-state index contributed by atoms with van der Waals surface area (Å²) in [5.41, 5.74) is 0.722. The average molecular weight is 310 g/mol. The van der Waals surface area contributed by atoms with Crippen LogP contribution in [-0.4, -0.2) is 39.0 Å². The number of Topliss-reactive ketones (excluding diaryl/α,β-unsaturated/α-hetero) is 1. The molecule has 2 rings (SSSR count). The van der Waals surface area contributed by atoms with E-state index in [2.05, 4.69) is 5.32 Å². The lowest BCUT2D eigenvalue weighted by atomic mass is 10.1. The molecule has 0 saturated heterocycles. The zero-order valence-corrected chi connectivity index (χ0v) is 12.8. The van der Waals surface area contributed by atoms with E-state index in [0.29, 0.717) is 11.3 Å². The molecule has 1 N–H and O–H groups in total. The summed E-state index contributed by atoms with van der Waals surface area (Å²) in [5, 5.41) is 2.75. The summed E-state index contributed by atoms with van der Waals surface area (Å²) in [6.45, 7) is 1.13. The average Bonchev–Trinajstić information content (AvgIpc) is 3.18. The van der Waals surface area contributed by atoms with E-state index in [1.165, 1.54) is 13.0 Å². The Morgan fingerprint density at radius 1 is 1.33 bits per heavy atom. The zero-order chi connectivity index (χ0) is 15.6. The molecule has 0 aromatic heterocycles. The lowest BCUT2D eigenvalue weighted by Crippen LogP contribution is -2.41. The van der Waals surface area contributed by atoms with Gasteiger partial charge in [-0.3, -0.25) is 13.9 Å². The summed E-state index contributed by atoms with van der Waals surface area (Å²) >= 11 is 0. The second-order valence-electron chi connectivity index (χ2n) is 5.22. The Hall–Kier alpha value is -1.89. The summed E-state index contributed by atoms with van der Waals surface area (Å²) in [6.07, 6.45) is 2.91. The summed E-state index contributed by atoms with van der Waals surface area (Å²) in [5.74, 6) is -0.496. The number of amides is 1. The van der Waals surface area contributed by atoms with Gasteiger partial charge in [0.15, 0.2) is 5.78 Å². The highest BCUT2D eigenvalue weighted by atomic mass is 32.2. The Labute approximate surface area is 124 Å². The van der Waals surface area contributed by atoms with E-state index in [9.17, 15) is 18.0 Å². The Morgan fingerprint density at radius 2 is 2.00 bits per heavy atom. The van der Waals surface area contributed by atoms with Crippen LogP contribution in [0.3, 0.4) is 0 Å². The van der Waals surface area contributed by atoms with E-state index in [-0.39, 0.29) is 24.3 Å². The maximum atomic E-state index is 11.9. The van der Waals surface area contributed by atoms with Gasteiger partial charge in [-0.1, -0.05) is 12.1 Å². The Morgan fingerprint density at radius 3 is 2.52 bits per heavy atom. The number of carbonyl (C=O) groups excluding carboxylic acids is 2. The van der Waals surface area contributed by atoms with Crippen LogP contribution in [0.2, 0.25) is 0 Å². The summed E-state index contributed by atoms with van der Waals surface area (Å²) < 4.78 is 24.8. The van der Waals surface area contributed by atoms with Crippen LogP contribution in [-0.2, 0) is 14.8 Å². The smallest absolute Gasteiger partial charge is 0.240 e. The molecule has 1 amide bonds. The number of rotatable bonds is 6. The molecule has 0 radical (unpaired) electrons. The van der Waals surface area contributed by atoms with E-state index >= 15 is 0 Å². The van der Waals surface area contributed by atoms with Crippen molar-refractivity contribution in [2.24, 2.45) is 0 Å². The van der Waals surface area contributed by atoms with Crippen molar-refractivity contribution in [3.63, 3.8) is 0 Å². The molecule has 1 aliphatic rings. The number of ketones is 1. The number of nitrogens with zero attached hydrogens (tertiary/aromatic N) is 1. The van der Waals surface area contributed by atoms with Crippen molar-refractivity contribution in [3.05, 3.63) is 29.8 Å². The number of anilines is 1. The fourth-order valence-electron chi connectivity index (χ4n) is 1.91.